The van der Waals surface area contributed by atoms with Gasteiger partial charge in [-0.05, 0) is 6.92 Å². The van der Waals surface area contributed by atoms with Gasteiger partial charge in [0.2, 0.25) is 0 Å². The number of aliphatic carboxylic acids is 2. The Morgan fingerprint density at radius 2 is 1.77 bits per heavy atom. The summed E-state index contributed by atoms with van der Waals surface area (Å²) in [6.45, 7) is 0.894. The molecule has 74 valence electrons. The average molecular weight is 191 g/mol. The topological polar surface area (TPSA) is 132 Å². The smallest absolute Gasteiger partial charge is 0.373 e. The summed E-state index contributed by atoms with van der Waals surface area (Å²) >= 11 is 0. The zero-order valence-electron chi connectivity index (χ0n) is 6.64. The van der Waals surface area contributed by atoms with Gasteiger partial charge in [-0.15, -0.1) is 0 Å². The quantitative estimate of drug-likeness (QED) is 0.498. The van der Waals surface area contributed by atoms with E-state index in [0.29, 0.717) is 0 Å². The summed E-state index contributed by atoms with van der Waals surface area (Å²) in [6, 6.07) is 0. The molecule has 0 radical (unpaired) electrons. The molecule has 13 heavy (non-hydrogen) atoms. The SMILES string of the molecule is CC(O)(CC(=O)[O-])C(=O)O.O=C=O. The second-order valence-corrected chi connectivity index (χ2v) is 2.21. The van der Waals surface area contributed by atoms with Gasteiger partial charge in [0.25, 0.3) is 0 Å². The van der Waals surface area contributed by atoms with Crippen LogP contribution in [0.25, 0.3) is 0 Å². The molecule has 0 aromatic rings. The molecule has 0 aliphatic rings. The van der Waals surface area contributed by atoms with Crippen molar-refractivity contribution in [2.75, 3.05) is 0 Å². The minimum Gasteiger partial charge on any atom is -0.550 e. The molecular weight excluding hydrogens is 184 g/mol. The Bertz CT molecular complexity index is 223. The van der Waals surface area contributed by atoms with E-state index in [1.165, 1.54) is 0 Å². The monoisotopic (exact) mass is 191 g/mol. The number of hydrogen-bond acceptors (Lipinski definition) is 6. The summed E-state index contributed by atoms with van der Waals surface area (Å²) in [6.07, 6.45) is -0.650. The van der Waals surface area contributed by atoms with E-state index in [4.69, 9.17) is 19.8 Å². The number of carboxylic acids is 2. The van der Waals surface area contributed by atoms with Gasteiger partial charge in [-0.25, -0.2) is 4.79 Å². The van der Waals surface area contributed by atoms with Crippen molar-refractivity contribution in [3.05, 3.63) is 0 Å². The van der Waals surface area contributed by atoms with Crippen LogP contribution in [0.15, 0.2) is 0 Å². The van der Waals surface area contributed by atoms with Crippen LogP contribution in [0.2, 0.25) is 0 Å². The summed E-state index contributed by atoms with van der Waals surface area (Å²) < 4.78 is 0. The van der Waals surface area contributed by atoms with Gasteiger partial charge in [0.1, 0.15) is 0 Å². The van der Waals surface area contributed by atoms with Crippen LogP contribution in [0.4, 0.5) is 0 Å². The molecule has 1 atom stereocenters. The first-order valence-corrected chi connectivity index (χ1v) is 2.92. The number of aliphatic hydroxyl groups is 1. The van der Waals surface area contributed by atoms with Gasteiger partial charge in [-0.1, -0.05) is 0 Å². The van der Waals surface area contributed by atoms with Gasteiger partial charge in [-0.3, -0.25) is 0 Å². The van der Waals surface area contributed by atoms with Crippen molar-refractivity contribution < 1.29 is 34.5 Å². The standard InChI is InChI=1S/C5H8O5.CO2/c1-5(10,4(8)9)2-3(6)7;2-1-3/h10H,2H2,1H3,(H,6,7)(H,8,9);/p-1. The highest BCUT2D eigenvalue weighted by molar-refractivity contribution is 5.82. The van der Waals surface area contributed by atoms with E-state index in [1.54, 1.807) is 0 Å². The van der Waals surface area contributed by atoms with Gasteiger partial charge >= 0.3 is 12.1 Å². The largest absolute Gasteiger partial charge is 0.550 e. The Kier molecular flexibility index (Phi) is 6.25. The molecule has 0 bridgehead atoms. The van der Waals surface area contributed by atoms with Gasteiger partial charge < -0.3 is 20.1 Å². The van der Waals surface area contributed by atoms with E-state index in [-0.39, 0.29) is 6.15 Å². The molecule has 0 aromatic carbocycles. The van der Waals surface area contributed by atoms with Crippen LogP contribution in [0.1, 0.15) is 13.3 Å². The molecule has 0 spiro atoms. The number of rotatable bonds is 3. The number of carbonyl (C=O) groups is 2. The lowest BCUT2D eigenvalue weighted by Gasteiger charge is -2.17. The van der Waals surface area contributed by atoms with Crippen molar-refractivity contribution >= 4 is 18.1 Å². The lowest BCUT2D eigenvalue weighted by Crippen LogP contribution is -2.41. The predicted octanol–water partition coefficient (Wildman–Crippen LogP) is -2.62. The van der Waals surface area contributed by atoms with E-state index in [9.17, 15) is 14.7 Å². The molecule has 0 saturated heterocycles. The van der Waals surface area contributed by atoms with Crippen molar-refractivity contribution in [2.45, 2.75) is 18.9 Å². The first-order valence-electron chi connectivity index (χ1n) is 2.92. The number of carbonyl (C=O) groups excluding carboxylic acids is 3. The van der Waals surface area contributed by atoms with E-state index < -0.39 is 24.0 Å². The number of hydrogen-bond donors (Lipinski definition) is 2. The zero-order chi connectivity index (χ0) is 11.1. The summed E-state index contributed by atoms with van der Waals surface area (Å²) in [5.41, 5.74) is -2.22. The molecule has 1 unspecified atom stereocenters. The second kappa shape index (κ2) is 5.87. The van der Waals surface area contributed by atoms with Gasteiger partial charge in [-0.2, -0.15) is 9.59 Å². The molecule has 0 fully saturated rings. The van der Waals surface area contributed by atoms with Gasteiger partial charge in [0.05, 0.1) is 0 Å². The fourth-order valence-electron chi connectivity index (χ4n) is 0.357. The maximum Gasteiger partial charge on any atom is 0.373 e. The zero-order valence-corrected chi connectivity index (χ0v) is 6.64. The molecule has 2 N–H and O–H groups in total. The normalized spacial score (nSPS) is 12.8. The summed E-state index contributed by atoms with van der Waals surface area (Å²) in [7, 11) is 0. The molecular formula is C6H7O7-. The van der Waals surface area contributed by atoms with Gasteiger partial charge in [0.15, 0.2) is 5.60 Å². The van der Waals surface area contributed by atoms with Crippen molar-refractivity contribution in [3.8, 4) is 0 Å². The first-order chi connectivity index (χ1) is 5.77. The van der Waals surface area contributed by atoms with Crippen LogP contribution in [0, 0.1) is 0 Å². The highest BCUT2D eigenvalue weighted by atomic mass is 16.4. The summed E-state index contributed by atoms with van der Waals surface area (Å²) in [5.74, 6) is -3.16. The maximum atomic E-state index is 10.0. The number of carboxylic acid groups (broad SMARTS) is 2. The van der Waals surface area contributed by atoms with Crippen molar-refractivity contribution in [1.29, 1.82) is 0 Å². The molecule has 0 aliphatic heterocycles. The van der Waals surface area contributed by atoms with Crippen molar-refractivity contribution in [3.63, 3.8) is 0 Å². The molecule has 7 nitrogen and oxygen atoms in total. The minimum atomic E-state index is -2.22. The van der Waals surface area contributed by atoms with Crippen LogP contribution in [-0.2, 0) is 19.2 Å². The average Bonchev–Trinajstić information content (AvgIpc) is 1.85. The van der Waals surface area contributed by atoms with Crippen LogP contribution in [0.3, 0.4) is 0 Å². The molecule has 0 aromatic heterocycles. The predicted molar refractivity (Wildman–Crippen MR) is 32.9 cm³/mol. The van der Waals surface area contributed by atoms with Crippen LogP contribution in [0.5, 0.6) is 0 Å². The summed E-state index contributed by atoms with van der Waals surface area (Å²) in [5, 5.41) is 26.7. The van der Waals surface area contributed by atoms with Crippen molar-refractivity contribution in [2.24, 2.45) is 0 Å². The third-order valence-corrected chi connectivity index (χ3v) is 0.949. The Balaban J connectivity index is 0. The van der Waals surface area contributed by atoms with E-state index >= 15 is 0 Å². The van der Waals surface area contributed by atoms with E-state index in [1.807, 2.05) is 0 Å². The van der Waals surface area contributed by atoms with E-state index in [2.05, 4.69) is 0 Å². The molecule has 0 rings (SSSR count). The fourth-order valence-corrected chi connectivity index (χ4v) is 0.357. The van der Waals surface area contributed by atoms with Crippen LogP contribution < -0.4 is 5.11 Å². The Labute approximate surface area is 72.6 Å². The van der Waals surface area contributed by atoms with Gasteiger partial charge in [0, 0.05) is 12.4 Å². The fraction of sp³-hybridized carbons (Fsp3) is 0.500. The third-order valence-electron chi connectivity index (χ3n) is 0.949. The maximum absolute atomic E-state index is 10.0. The molecule has 0 saturated carbocycles. The molecule has 0 heterocycles. The van der Waals surface area contributed by atoms with Crippen molar-refractivity contribution in [1.82, 2.24) is 0 Å². The highest BCUT2D eigenvalue weighted by Crippen LogP contribution is 2.07. The summed E-state index contributed by atoms with van der Waals surface area (Å²) in [4.78, 5) is 36.1. The highest BCUT2D eigenvalue weighted by Gasteiger charge is 2.29. The van der Waals surface area contributed by atoms with E-state index in [0.717, 1.165) is 6.92 Å². The third kappa shape index (κ3) is 8.18. The Morgan fingerprint density at radius 3 is 1.85 bits per heavy atom. The minimum absolute atomic E-state index is 0.250. The lowest BCUT2D eigenvalue weighted by atomic mass is 10.0. The second-order valence-electron chi connectivity index (χ2n) is 2.21. The lowest BCUT2D eigenvalue weighted by molar-refractivity contribution is -0.309. The molecule has 0 amide bonds. The molecule has 0 aliphatic carbocycles. The molecule has 7 heteroatoms. The Morgan fingerprint density at radius 1 is 1.46 bits per heavy atom. The first kappa shape index (κ1) is 13.8. The van der Waals surface area contributed by atoms with Crippen LogP contribution in [-0.4, -0.2) is 33.9 Å². The van der Waals surface area contributed by atoms with Crippen LogP contribution >= 0.6 is 0 Å². The Hall–Kier alpha value is -1.72.